The van der Waals surface area contributed by atoms with Crippen LogP contribution >= 0.6 is 15.9 Å². The van der Waals surface area contributed by atoms with Crippen LogP contribution in [-0.4, -0.2) is 0 Å². The van der Waals surface area contributed by atoms with Crippen molar-refractivity contribution in [3.63, 3.8) is 0 Å². The van der Waals surface area contributed by atoms with Crippen LogP contribution in [0.25, 0.3) is 0 Å². The van der Waals surface area contributed by atoms with E-state index >= 15 is 0 Å². The minimum atomic E-state index is -0.0255. The van der Waals surface area contributed by atoms with Crippen molar-refractivity contribution >= 4 is 15.9 Å². The van der Waals surface area contributed by atoms with Crippen molar-refractivity contribution in [2.75, 3.05) is 0 Å². The van der Waals surface area contributed by atoms with Crippen molar-refractivity contribution in [2.24, 2.45) is 5.73 Å². The second-order valence-corrected chi connectivity index (χ2v) is 6.05. The summed E-state index contributed by atoms with van der Waals surface area (Å²) in [6.45, 7) is 0. The number of hydrogen-bond acceptors (Lipinski definition) is 2. The zero-order chi connectivity index (χ0) is 13.2. The second kappa shape index (κ2) is 5.51. The molecule has 2 atom stereocenters. The third-order valence-electron chi connectivity index (χ3n) is 3.99. The minimum Gasteiger partial charge on any atom is -0.453 e. The van der Waals surface area contributed by atoms with Crippen LogP contribution in [0, 0.1) is 0 Å². The Kier molecular flexibility index (Phi) is 3.76. The van der Waals surface area contributed by atoms with E-state index in [1.165, 1.54) is 30.4 Å². The fourth-order valence-corrected chi connectivity index (χ4v) is 3.37. The van der Waals surface area contributed by atoms with Gasteiger partial charge in [-0.15, -0.1) is 0 Å². The van der Waals surface area contributed by atoms with Gasteiger partial charge in [0.15, 0.2) is 4.67 Å². The van der Waals surface area contributed by atoms with E-state index in [-0.39, 0.29) is 6.04 Å². The summed E-state index contributed by atoms with van der Waals surface area (Å²) in [6.07, 6.45) is 4.65. The van der Waals surface area contributed by atoms with Gasteiger partial charge in [0, 0.05) is 0 Å². The van der Waals surface area contributed by atoms with Gasteiger partial charge in [0.05, 0.1) is 6.04 Å². The maximum Gasteiger partial charge on any atom is 0.169 e. The number of rotatable bonds is 3. The molecule has 0 aliphatic heterocycles. The summed E-state index contributed by atoms with van der Waals surface area (Å²) < 4.78 is 6.32. The van der Waals surface area contributed by atoms with Crippen LogP contribution in [0.4, 0.5) is 0 Å². The third kappa shape index (κ3) is 2.77. The highest BCUT2D eigenvalue weighted by molar-refractivity contribution is 9.10. The molecule has 1 aromatic heterocycles. The van der Waals surface area contributed by atoms with Crippen LogP contribution in [0.5, 0.6) is 0 Å². The number of halogens is 1. The van der Waals surface area contributed by atoms with Gasteiger partial charge in [-0.1, -0.05) is 24.3 Å². The molecular weight excluding hydrogens is 302 g/mol. The Morgan fingerprint density at radius 1 is 1.26 bits per heavy atom. The number of benzene rings is 1. The first-order valence-electron chi connectivity index (χ1n) is 6.82. The molecule has 0 saturated heterocycles. The number of furan rings is 1. The standard InChI is InChI=1S/C16H18BrNO/c17-16-9-8-15(19-16)14(18)10-12-6-3-5-11-4-1-2-7-13(11)12/h1-2,4,7-9,12,14H,3,5-6,10,18H2. The van der Waals surface area contributed by atoms with E-state index in [9.17, 15) is 0 Å². The lowest BCUT2D eigenvalue weighted by Gasteiger charge is -2.27. The van der Waals surface area contributed by atoms with E-state index in [2.05, 4.69) is 40.2 Å². The molecule has 0 saturated carbocycles. The molecule has 0 fully saturated rings. The van der Waals surface area contributed by atoms with Gasteiger partial charge < -0.3 is 10.2 Å². The van der Waals surface area contributed by atoms with Gasteiger partial charge in [-0.3, -0.25) is 0 Å². The normalized spacial score (nSPS) is 20.0. The Labute approximate surface area is 122 Å². The maximum atomic E-state index is 6.28. The Hall–Kier alpha value is -1.06. The first kappa shape index (κ1) is 12.9. The van der Waals surface area contributed by atoms with E-state index in [1.807, 2.05) is 12.1 Å². The number of hydrogen-bond donors (Lipinski definition) is 1. The number of aryl methyl sites for hydroxylation is 1. The first-order chi connectivity index (χ1) is 9.24. The van der Waals surface area contributed by atoms with E-state index in [0.717, 1.165) is 16.9 Å². The average molecular weight is 320 g/mol. The number of fused-ring (bicyclic) bond motifs is 1. The minimum absolute atomic E-state index is 0.0255. The van der Waals surface area contributed by atoms with Crippen molar-refractivity contribution < 1.29 is 4.42 Å². The summed E-state index contributed by atoms with van der Waals surface area (Å²) >= 11 is 3.33. The van der Waals surface area contributed by atoms with Gasteiger partial charge in [0.2, 0.25) is 0 Å². The maximum absolute atomic E-state index is 6.28. The highest BCUT2D eigenvalue weighted by Gasteiger charge is 2.23. The third-order valence-corrected chi connectivity index (χ3v) is 4.42. The zero-order valence-electron chi connectivity index (χ0n) is 10.8. The lowest BCUT2D eigenvalue weighted by Crippen LogP contribution is -2.17. The topological polar surface area (TPSA) is 39.2 Å². The van der Waals surface area contributed by atoms with Gasteiger partial charge in [-0.25, -0.2) is 0 Å². The quantitative estimate of drug-likeness (QED) is 0.901. The predicted molar refractivity (Wildman–Crippen MR) is 80.1 cm³/mol. The fourth-order valence-electron chi connectivity index (χ4n) is 3.05. The van der Waals surface area contributed by atoms with E-state index in [1.54, 1.807) is 0 Å². The lowest BCUT2D eigenvalue weighted by atomic mass is 9.79. The molecule has 2 N–H and O–H groups in total. The first-order valence-corrected chi connectivity index (χ1v) is 7.62. The predicted octanol–water partition coefficient (Wildman–Crippen LogP) is 4.55. The molecular formula is C16H18BrNO. The average Bonchev–Trinajstić information content (AvgIpc) is 2.86. The molecule has 19 heavy (non-hydrogen) atoms. The van der Waals surface area contributed by atoms with Crippen molar-refractivity contribution in [3.8, 4) is 0 Å². The molecule has 0 radical (unpaired) electrons. The van der Waals surface area contributed by atoms with Gasteiger partial charge >= 0.3 is 0 Å². The highest BCUT2D eigenvalue weighted by atomic mass is 79.9. The molecule has 0 amide bonds. The van der Waals surface area contributed by atoms with Crippen LogP contribution in [0.2, 0.25) is 0 Å². The molecule has 100 valence electrons. The summed E-state index contributed by atoms with van der Waals surface area (Å²) in [4.78, 5) is 0. The molecule has 3 rings (SSSR count). The highest BCUT2D eigenvalue weighted by Crippen LogP contribution is 2.37. The molecule has 1 aliphatic carbocycles. The van der Waals surface area contributed by atoms with E-state index in [4.69, 9.17) is 10.2 Å². The lowest BCUT2D eigenvalue weighted by molar-refractivity contribution is 0.401. The summed E-state index contributed by atoms with van der Waals surface area (Å²) in [5, 5.41) is 0. The van der Waals surface area contributed by atoms with Crippen molar-refractivity contribution in [2.45, 2.75) is 37.6 Å². The van der Waals surface area contributed by atoms with Crippen LogP contribution in [0.3, 0.4) is 0 Å². The molecule has 0 bridgehead atoms. The Bertz CT molecular complexity index is 563. The second-order valence-electron chi connectivity index (χ2n) is 5.27. The Balaban J connectivity index is 1.77. The summed E-state index contributed by atoms with van der Waals surface area (Å²) in [5.74, 6) is 1.43. The van der Waals surface area contributed by atoms with Crippen molar-refractivity contribution in [1.82, 2.24) is 0 Å². The zero-order valence-corrected chi connectivity index (χ0v) is 12.4. The molecule has 2 aromatic rings. The van der Waals surface area contributed by atoms with Crippen LogP contribution in [0.15, 0.2) is 45.5 Å². The van der Waals surface area contributed by atoms with Crippen molar-refractivity contribution in [3.05, 3.63) is 58.0 Å². The summed E-state index contributed by atoms with van der Waals surface area (Å²) in [7, 11) is 0. The van der Waals surface area contributed by atoms with E-state index < -0.39 is 0 Å². The fraction of sp³-hybridized carbons (Fsp3) is 0.375. The van der Waals surface area contributed by atoms with Crippen molar-refractivity contribution in [1.29, 1.82) is 0 Å². The smallest absolute Gasteiger partial charge is 0.169 e. The molecule has 1 aliphatic rings. The Morgan fingerprint density at radius 2 is 2.11 bits per heavy atom. The largest absolute Gasteiger partial charge is 0.453 e. The summed E-state index contributed by atoms with van der Waals surface area (Å²) in [5.41, 5.74) is 9.26. The molecule has 1 aromatic carbocycles. The van der Waals surface area contributed by atoms with Crippen LogP contribution < -0.4 is 5.73 Å². The van der Waals surface area contributed by atoms with Crippen LogP contribution in [-0.2, 0) is 6.42 Å². The van der Waals surface area contributed by atoms with Gasteiger partial charge in [-0.05, 0) is 70.8 Å². The van der Waals surface area contributed by atoms with Gasteiger partial charge in [-0.2, -0.15) is 0 Å². The van der Waals surface area contributed by atoms with Gasteiger partial charge in [0.25, 0.3) is 0 Å². The molecule has 2 unspecified atom stereocenters. The monoisotopic (exact) mass is 319 g/mol. The SMILES string of the molecule is NC(CC1CCCc2ccccc21)c1ccc(Br)o1. The van der Waals surface area contributed by atoms with E-state index in [0.29, 0.717) is 5.92 Å². The summed E-state index contributed by atoms with van der Waals surface area (Å²) in [6, 6.07) is 12.6. The molecule has 2 nitrogen and oxygen atoms in total. The molecule has 3 heteroatoms. The molecule has 1 heterocycles. The Morgan fingerprint density at radius 3 is 2.89 bits per heavy atom. The van der Waals surface area contributed by atoms with Gasteiger partial charge in [0.1, 0.15) is 5.76 Å². The number of nitrogens with two attached hydrogens (primary N) is 1. The molecule has 0 spiro atoms. The van der Waals surface area contributed by atoms with Crippen LogP contribution in [0.1, 0.15) is 48.1 Å².